The zero-order valence-corrected chi connectivity index (χ0v) is 12.3. The first-order chi connectivity index (χ1) is 10.1. The van der Waals surface area contributed by atoms with Gasteiger partial charge in [-0.3, -0.25) is 5.32 Å². The Hall–Kier alpha value is -1.54. The van der Waals surface area contributed by atoms with E-state index in [0.717, 1.165) is 10.4 Å². The van der Waals surface area contributed by atoms with Crippen molar-refractivity contribution < 1.29 is 13.6 Å². The predicted molar refractivity (Wildman–Crippen MR) is 78.7 cm³/mol. The lowest BCUT2D eigenvalue weighted by molar-refractivity contribution is -0.0847. The molecule has 6 nitrogen and oxygen atoms in total. The van der Waals surface area contributed by atoms with Crippen LogP contribution in [0.1, 0.15) is 6.42 Å². The molecule has 2 aromatic rings. The molecule has 1 aliphatic rings. The molecule has 1 fully saturated rings. The van der Waals surface area contributed by atoms with Crippen LogP contribution >= 0.6 is 0 Å². The van der Waals surface area contributed by atoms with Gasteiger partial charge in [0.1, 0.15) is 5.37 Å². The van der Waals surface area contributed by atoms with E-state index < -0.39 is 15.2 Å². The third kappa shape index (κ3) is 2.77. The summed E-state index contributed by atoms with van der Waals surface area (Å²) < 4.78 is 25.7. The quantitative estimate of drug-likeness (QED) is 0.862. The number of hydrogen-bond donors (Lipinski definition) is 2. The fourth-order valence-electron chi connectivity index (χ4n) is 2.55. The van der Waals surface area contributed by atoms with E-state index in [4.69, 9.17) is 0 Å². The average molecular weight is 307 g/mol. The van der Waals surface area contributed by atoms with Crippen LogP contribution < -0.4 is 5.32 Å². The SMILES string of the molecule is O=S(=O)(c1nccc2ccccc12)C1CCN(O)CCN1. The number of aromatic nitrogens is 1. The van der Waals surface area contributed by atoms with Gasteiger partial charge in [-0.15, -0.1) is 0 Å². The molecule has 0 bridgehead atoms. The van der Waals surface area contributed by atoms with Crippen LogP contribution in [-0.2, 0) is 9.84 Å². The summed E-state index contributed by atoms with van der Waals surface area (Å²) in [5.41, 5.74) is 0. The minimum Gasteiger partial charge on any atom is -0.314 e. The summed E-state index contributed by atoms with van der Waals surface area (Å²) in [6.45, 7) is 1.15. The fourth-order valence-corrected chi connectivity index (χ4v) is 4.28. The van der Waals surface area contributed by atoms with E-state index in [1.54, 1.807) is 18.2 Å². The molecule has 7 heteroatoms. The van der Waals surface area contributed by atoms with Gasteiger partial charge in [0.25, 0.3) is 0 Å². The van der Waals surface area contributed by atoms with Crippen molar-refractivity contribution in [2.24, 2.45) is 0 Å². The first-order valence-corrected chi connectivity index (χ1v) is 8.38. The van der Waals surface area contributed by atoms with Crippen LogP contribution in [0.2, 0.25) is 0 Å². The molecule has 3 rings (SSSR count). The maximum Gasteiger partial charge on any atom is 0.212 e. The Morgan fingerprint density at radius 3 is 2.90 bits per heavy atom. The van der Waals surface area contributed by atoms with Crippen LogP contribution in [0.15, 0.2) is 41.6 Å². The molecule has 1 aliphatic heterocycles. The zero-order valence-electron chi connectivity index (χ0n) is 11.4. The van der Waals surface area contributed by atoms with Gasteiger partial charge in [-0.05, 0) is 17.9 Å². The van der Waals surface area contributed by atoms with E-state index in [-0.39, 0.29) is 5.03 Å². The van der Waals surface area contributed by atoms with E-state index in [1.165, 1.54) is 6.20 Å². The lowest BCUT2D eigenvalue weighted by Gasteiger charge is -2.16. The highest BCUT2D eigenvalue weighted by atomic mass is 32.2. The zero-order chi connectivity index (χ0) is 14.9. The molecule has 0 spiro atoms. The van der Waals surface area contributed by atoms with Crippen molar-refractivity contribution in [2.75, 3.05) is 19.6 Å². The summed E-state index contributed by atoms with van der Waals surface area (Å²) in [5, 5.41) is 14.5. The van der Waals surface area contributed by atoms with Crippen molar-refractivity contribution in [3.63, 3.8) is 0 Å². The predicted octanol–water partition coefficient (Wildman–Crippen LogP) is 1.02. The highest BCUT2D eigenvalue weighted by Crippen LogP contribution is 2.24. The monoisotopic (exact) mass is 307 g/mol. The summed E-state index contributed by atoms with van der Waals surface area (Å²) >= 11 is 0. The Morgan fingerprint density at radius 1 is 1.24 bits per heavy atom. The number of sulfone groups is 1. The molecular formula is C14H17N3O3S. The van der Waals surface area contributed by atoms with Crippen molar-refractivity contribution >= 4 is 20.6 Å². The van der Waals surface area contributed by atoms with Gasteiger partial charge in [0.2, 0.25) is 9.84 Å². The van der Waals surface area contributed by atoms with Crippen molar-refractivity contribution in [2.45, 2.75) is 16.8 Å². The molecule has 2 heterocycles. The van der Waals surface area contributed by atoms with Crippen LogP contribution in [0.5, 0.6) is 0 Å². The minimum atomic E-state index is -3.60. The number of nitrogens with one attached hydrogen (secondary N) is 1. The lowest BCUT2D eigenvalue weighted by atomic mass is 10.2. The Labute approximate surface area is 123 Å². The second kappa shape index (κ2) is 5.69. The van der Waals surface area contributed by atoms with Crippen LogP contribution in [0.3, 0.4) is 0 Å². The molecular weight excluding hydrogens is 290 g/mol. The third-order valence-electron chi connectivity index (χ3n) is 3.67. The number of rotatable bonds is 2. The molecule has 1 atom stereocenters. The second-order valence-electron chi connectivity index (χ2n) is 5.07. The second-order valence-corrected chi connectivity index (χ2v) is 7.11. The van der Waals surface area contributed by atoms with Gasteiger partial charge in [0.05, 0.1) is 0 Å². The van der Waals surface area contributed by atoms with Crippen molar-refractivity contribution in [3.05, 3.63) is 36.5 Å². The normalized spacial score (nSPS) is 21.3. The molecule has 112 valence electrons. The Balaban J connectivity index is 2.04. The highest BCUT2D eigenvalue weighted by Gasteiger charge is 2.31. The molecule has 0 aliphatic carbocycles. The summed E-state index contributed by atoms with van der Waals surface area (Å²) in [7, 11) is -3.60. The van der Waals surface area contributed by atoms with Gasteiger partial charge in [-0.1, -0.05) is 24.3 Å². The van der Waals surface area contributed by atoms with Gasteiger partial charge in [-0.2, -0.15) is 5.06 Å². The van der Waals surface area contributed by atoms with Gasteiger partial charge in [0.15, 0.2) is 5.03 Å². The van der Waals surface area contributed by atoms with Crippen LogP contribution in [0, 0.1) is 0 Å². The van der Waals surface area contributed by atoms with E-state index in [2.05, 4.69) is 10.3 Å². The van der Waals surface area contributed by atoms with Crippen molar-refractivity contribution in [1.82, 2.24) is 15.4 Å². The Morgan fingerprint density at radius 2 is 2.05 bits per heavy atom. The smallest absolute Gasteiger partial charge is 0.212 e. The first kappa shape index (κ1) is 14.4. The van der Waals surface area contributed by atoms with Crippen LogP contribution in [0.4, 0.5) is 0 Å². The van der Waals surface area contributed by atoms with Crippen molar-refractivity contribution in [1.29, 1.82) is 0 Å². The molecule has 1 aromatic heterocycles. The number of hydroxylamine groups is 2. The number of fused-ring (bicyclic) bond motifs is 1. The highest BCUT2D eigenvalue weighted by molar-refractivity contribution is 7.92. The van der Waals surface area contributed by atoms with Crippen molar-refractivity contribution in [3.8, 4) is 0 Å². The van der Waals surface area contributed by atoms with Gasteiger partial charge < -0.3 is 5.21 Å². The number of benzene rings is 1. The largest absolute Gasteiger partial charge is 0.314 e. The van der Waals surface area contributed by atoms with Gasteiger partial charge >= 0.3 is 0 Å². The minimum absolute atomic E-state index is 0.101. The molecule has 0 radical (unpaired) electrons. The van der Waals surface area contributed by atoms with E-state index in [9.17, 15) is 13.6 Å². The molecule has 21 heavy (non-hydrogen) atoms. The van der Waals surface area contributed by atoms with E-state index in [1.807, 2.05) is 12.1 Å². The summed E-state index contributed by atoms with van der Waals surface area (Å²) in [4.78, 5) is 4.10. The fraction of sp³-hybridized carbons (Fsp3) is 0.357. The Bertz CT molecular complexity index is 743. The van der Waals surface area contributed by atoms with E-state index >= 15 is 0 Å². The third-order valence-corrected chi connectivity index (χ3v) is 5.69. The van der Waals surface area contributed by atoms with Crippen LogP contribution in [-0.4, -0.2) is 48.7 Å². The molecule has 0 amide bonds. The van der Waals surface area contributed by atoms with E-state index in [0.29, 0.717) is 31.4 Å². The van der Waals surface area contributed by atoms with Gasteiger partial charge in [-0.25, -0.2) is 13.4 Å². The maximum absolute atomic E-state index is 12.8. The number of hydrogen-bond acceptors (Lipinski definition) is 6. The standard InChI is InChI=1S/C14H17N3O3S/c18-17-9-6-13(15-8-10-17)21(19,20)14-12-4-2-1-3-11(12)5-7-16-14/h1-5,7,13,15,18H,6,8-10H2. The topological polar surface area (TPSA) is 82.5 Å². The van der Waals surface area contributed by atoms with Gasteiger partial charge in [0, 0.05) is 31.2 Å². The maximum atomic E-state index is 12.8. The summed E-state index contributed by atoms with van der Waals surface area (Å²) in [6, 6.07) is 9.10. The average Bonchev–Trinajstić information content (AvgIpc) is 2.72. The molecule has 1 aromatic carbocycles. The van der Waals surface area contributed by atoms with Crippen LogP contribution in [0.25, 0.3) is 10.8 Å². The molecule has 1 saturated heterocycles. The number of nitrogens with zero attached hydrogens (tertiary/aromatic N) is 2. The Kier molecular flexibility index (Phi) is 3.90. The summed E-state index contributed by atoms with van der Waals surface area (Å²) in [5.74, 6) is 0. The first-order valence-electron chi connectivity index (χ1n) is 6.84. The summed E-state index contributed by atoms with van der Waals surface area (Å²) in [6.07, 6.45) is 1.84. The molecule has 2 N–H and O–H groups in total. The molecule has 1 unspecified atom stereocenters. The lowest BCUT2D eigenvalue weighted by Crippen LogP contribution is -2.37. The molecule has 0 saturated carbocycles. The number of pyridine rings is 1.